The summed E-state index contributed by atoms with van der Waals surface area (Å²) >= 11 is 3.35. The fraction of sp³-hybridized carbons (Fsp3) is 0.0769. The maximum absolute atomic E-state index is 13.1. The molecule has 4 rings (SSSR count). The van der Waals surface area contributed by atoms with Crippen molar-refractivity contribution in [3.05, 3.63) is 117 Å². The fourth-order valence-electron chi connectivity index (χ4n) is 3.24. The van der Waals surface area contributed by atoms with Gasteiger partial charge in [0.15, 0.2) is 0 Å². The second kappa shape index (κ2) is 11.3. The van der Waals surface area contributed by atoms with E-state index in [9.17, 15) is 14.4 Å². The average Bonchev–Trinajstić information content (AvgIpc) is 3.43. The number of hydrogen-bond acceptors (Lipinski definition) is 6. The van der Waals surface area contributed by atoms with Gasteiger partial charge < -0.3 is 14.8 Å². The van der Waals surface area contributed by atoms with E-state index in [1.807, 2.05) is 60.7 Å². The highest BCUT2D eigenvalue weighted by molar-refractivity contribution is 9.10. The van der Waals surface area contributed by atoms with E-state index in [2.05, 4.69) is 31.4 Å². The van der Waals surface area contributed by atoms with E-state index in [-0.39, 0.29) is 35.7 Å². The summed E-state index contributed by atoms with van der Waals surface area (Å²) in [6.07, 6.45) is 1.42. The molecule has 0 saturated carbocycles. The number of rotatable bonds is 8. The Morgan fingerprint density at radius 1 is 0.800 bits per heavy atom. The summed E-state index contributed by atoms with van der Waals surface area (Å²) in [7, 11) is 0. The van der Waals surface area contributed by atoms with Crippen LogP contribution in [-0.4, -0.2) is 28.0 Å². The molecule has 0 atom stereocenters. The van der Waals surface area contributed by atoms with Gasteiger partial charge in [0.05, 0.1) is 16.8 Å². The molecular weight excluding hydrogens is 514 g/mol. The van der Waals surface area contributed by atoms with Crippen molar-refractivity contribution < 1.29 is 23.9 Å². The number of carbonyl (C=O) groups excluding carboxylic acids is 3. The molecule has 8 nitrogen and oxygen atoms in total. The van der Waals surface area contributed by atoms with Gasteiger partial charge in [0.2, 0.25) is 0 Å². The first kappa shape index (κ1) is 23.9. The molecule has 3 aromatic carbocycles. The fourth-order valence-corrected chi connectivity index (χ4v) is 3.73. The zero-order chi connectivity index (χ0) is 24.6. The standard InChI is InChI=1S/C26H20BrN3O5/c27-20-12-11-19(25(32)34-15-17-7-3-1-4-8-17)23(29-24(31)21-13-14-28-30-21)22(20)26(33)35-16-18-9-5-2-6-10-18/h1-14H,15-16H2,(H,28,30)(H,29,31). The number of esters is 2. The molecule has 0 bridgehead atoms. The summed E-state index contributed by atoms with van der Waals surface area (Å²) in [6, 6.07) is 22.8. The van der Waals surface area contributed by atoms with E-state index in [4.69, 9.17) is 9.47 Å². The Kier molecular flexibility index (Phi) is 7.69. The zero-order valence-corrected chi connectivity index (χ0v) is 19.9. The van der Waals surface area contributed by atoms with Crippen LogP contribution in [0.1, 0.15) is 42.3 Å². The van der Waals surface area contributed by atoms with E-state index >= 15 is 0 Å². The molecule has 176 valence electrons. The lowest BCUT2D eigenvalue weighted by Gasteiger charge is -2.16. The highest BCUT2D eigenvalue weighted by Gasteiger charge is 2.26. The number of anilines is 1. The molecule has 2 N–H and O–H groups in total. The largest absolute Gasteiger partial charge is 0.457 e. The summed E-state index contributed by atoms with van der Waals surface area (Å²) in [5.41, 5.74) is 1.70. The third kappa shape index (κ3) is 6.01. The molecule has 0 aliphatic rings. The molecule has 0 fully saturated rings. The molecule has 1 aromatic heterocycles. The maximum atomic E-state index is 13.1. The van der Waals surface area contributed by atoms with E-state index in [0.29, 0.717) is 4.47 Å². The van der Waals surface area contributed by atoms with Crippen molar-refractivity contribution in [2.75, 3.05) is 5.32 Å². The average molecular weight is 534 g/mol. The number of nitrogens with one attached hydrogen (secondary N) is 2. The van der Waals surface area contributed by atoms with Gasteiger partial charge in [0.1, 0.15) is 18.9 Å². The minimum atomic E-state index is -0.724. The third-order valence-electron chi connectivity index (χ3n) is 4.99. The molecule has 0 radical (unpaired) electrons. The van der Waals surface area contributed by atoms with Crippen LogP contribution in [0.15, 0.2) is 89.5 Å². The quantitative estimate of drug-likeness (QED) is 0.303. The van der Waals surface area contributed by atoms with Crippen LogP contribution in [0, 0.1) is 0 Å². The monoisotopic (exact) mass is 533 g/mol. The van der Waals surface area contributed by atoms with Crippen molar-refractivity contribution >= 4 is 39.5 Å². The van der Waals surface area contributed by atoms with Crippen LogP contribution in [0.2, 0.25) is 0 Å². The molecule has 9 heteroatoms. The lowest BCUT2D eigenvalue weighted by Crippen LogP contribution is -2.20. The SMILES string of the molecule is O=C(Nc1c(C(=O)OCc2ccccc2)ccc(Br)c1C(=O)OCc1ccccc1)c1ccn[nH]1. The molecule has 1 amide bonds. The van der Waals surface area contributed by atoms with Crippen molar-refractivity contribution in [3.8, 4) is 0 Å². The lowest BCUT2D eigenvalue weighted by atomic mass is 10.1. The molecule has 4 aromatic rings. The molecule has 0 aliphatic heterocycles. The Morgan fingerprint density at radius 2 is 1.40 bits per heavy atom. The molecular formula is C26H20BrN3O5. The van der Waals surface area contributed by atoms with Crippen LogP contribution in [0.3, 0.4) is 0 Å². The van der Waals surface area contributed by atoms with Gasteiger partial charge in [-0.25, -0.2) is 9.59 Å². The molecule has 0 spiro atoms. The minimum absolute atomic E-state index is 0.00339. The number of aromatic nitrogens is 2. The summed E-state index contributed by atoms with van der Waals surface area (Å²) in [5, 5.41) is 8.96. The summed E-state index contributed by atoms with van der Waals surface area (Å²) in [5.74, 6) is -2.02. The van der Waals surface area contributed by atoms with Crippen molar-refractivity contribution in [1.82, 2.24) is 10.2 Å². The third-order valence-corrected chi connectivity index (χ3v) is 5.65. The van der Waals surface area contributed by atoms with Gasteiger partial charge in [0, 0.05) is 10.7 Å². The van der Waals surface area contributed by atoms with E-state index < -0.39 is 17.8 Å². The number of carbonyl (C=O) groups is 3. The van der Waals surface area contributed by atoms with Crippen LogP contribution < -0.4 is 5.32 Å². The summed E-state index contributed by atoms with van der Waals surface area (Å²) < 4.78 is 11.3. The smallest absolute Gasteiger partial charge is 0.341 e. The first-order valence-corrected chi connectivity index (χ1v) is 11.4. The predicted molar refractivity (Wildman–Crippen MR) is 132 cm³/mol. The Bertz CT molecular complexity index is 1330. The number of H-pyrrole nitrogens is 1. The molecule has 0 unspecified atom stereocenters. The van der Waals surface area contributed by atoms with Crippen LogP contribution in [-0.2, 0) is 22.7 Å². The summed E-state index contributed by atoms with van der Waals surface area (Å²) in [6.45, 7) is 0.0419. The van der Waals surface area contributed by atoms with Crippen LogP contribution in [0.25, 0.3) is 0 Å². The van der Waals surface area contributed by atoms with Crippen molar-refractivity contribution in [2.24, 2.45) is 0 Å². The zero-order valence-electron chi connectivity index (χ0n) is 18.4. The van der Waals surface area contributed by atoms with Crippen molar-refractivity contribution in [3.63, 3.8) is 0 Å². The Hall–Kier alpha value is -4.24. The molecule has 0 saturated heterocycles. The Labute approximate surface area is 209 Å². The number of amides is 1. The first-order valence-electron chi connectivity index (χ1n) is 10.6. The highest BCUT2D eigenvalue weighted by Crippen LogP contribution is 2.31. The van der Waals surface area contributed by atoms with Gasteiger partial charge >= 0.3 is 11.9 Å². The number of halogens is 1. The lowest BCUT2D eigenvalue weighted by molar-refractivity contribution is 0.0472. The maximum Gasteiger partial charge on any atom is 0.341 e. The summed E-state index contributed by atoms with van der Waals surface area (Å²) in [4.78, 5) is 38.9. The number of nitrogens with zero attached hydrogens (tertiary/aromatic N) is 1. The number of hydrogen-bond donors (Lipinski definition) is 2. The first-order chi connectivity index (χ1) is 17.0. The predicted octanol–water partition coefficient (Wildman–Crippen LogP) is 5.14. The minimum Gasteiger partial charge on any atom is -0.457 e. The van der Waals surface area contributed by atoms with Crippen LogP contribution in [0.5, 0.6) is 0 Å². The van der Waals surface area contributed by atoms with Crippen LogP contribution in [0.4, 0.5) is 5.69 Å². The van der Waals surface area contributed by atoms with Gasteiger partial charge in [-0.2, -0.15) is 5.10 Å². The van der Waals surface area contributed by atoms with Gasteiger partial charge in [-0.3, -0.25) is 9.89 Å². The van der Waals surface area contributed by atoms with Gasteiger partial charge in [0.25, 0.3) is 5.91 Å². The Morgan fingerprint density at radius 3 is 1.97 bits per heavy atom. The second-order valence-corrected chi connectivity index (χ2v) is 8.25. The Balaban J connectivity index is 1.64. The number of benzene rings is 3. The van der Waals surface area contributed by atoms with E-state index in [0.717, 1.165) is 11.1 Å². The normalized spacial score (nSPS) is 10.4. The van der Waals surface area contributed by atoms with E-state index in [1.165, 1.54) is 24.4 Å². The van der Waals surface area contributed by atoms with Gasteiger partial charge in [-0.05, 0) is 45.3 Å². The second-order valence-electron chi connectivity index (χ2n) is 7.39. The number of ether oxygens (including phenoxy) is 2. The van der Waals surface area contributed by atoms with Gasteiger partial charge in [-0.15, -0.1) is 0 Å². The highest BCUT2D eigenvalue weighted by atomic mass is 79.9. The van der Waals surface area contributed by atoms with Crippen LogP contribution >= 0.6 is 15.9 Å². The molecule has 35 heavy (non-hydrogen) atoms. The number of aromatic amines is 1. The van der Waals surface area contributed by atoms with E-state index in [1.54, 1.807) is 0 Å². The van der Waals surface area contributed by atoms with Crippen molar-refractivity contribution in [1.29, 1.82) is 0 Å². The molecule has 0 aliphatic carbocycles. The molecule has 1 heterocycles. The van der Waals surface area contributed by atoms with Gasteiger partial charge in [-0.1, -0.05) is 60.7 Å². The topological polar surface area (TPSA) is 110 Å². The van der Waals surface area contributed by atoms with Crippen molar-refractivity contribution in [2.45, 2.75) is 13.2 Å².